The van der Waals surface area contributed by atoms with E-state index >= 15 is 0 Å². The Morgan fingerprint density at radius 2 is 2.08 bits per heavy atom. The molecule has 0 unspecified atom stereocenters. The summed E-state index contributed by atoms with van der Waals surface area (Å²) >= 11 is 0. The van der Waals surface area contributed by atoms with E-state index in [1.165, 1.54) is 6.33 Å². The molecular formula is C17H28N4O5. The van der Waals surface area contributed by atoms with Crippen molar-refractivity contribution in [2.24, 2.45) is 0 Å². The Balaban J connectivity index is 2.23. The largest absolute Gasteiger partial charge is 0.479 e. The molecule has 146 valence electrons. The molecule has 0 saturated carbocycles. The fourth-order valence-electron chi connectivity index (χ4n) is 2.65. The molecule has 2 rings (SSSR count). The van der Waals surface area contributed by atoms with E-state index < -0.39 is 18.8 Å². The zero-order valence-corrected chi connectivity index (χ0v) is 15.3. The highest BCUT2D eigenvalue weighted by atomic mass is 16.5. The number of methoxy groups -OCH3 is 1. The van der Waals surface area contributed by atoms with Gasteiger partial charge in [-0.2, -0.15) is 4.98 Å². The van der Waals surface area contributed by atoms with Gasteiger partial charge in [-0.05, 0) is 6.42 Å². The van der Waals surface area contributed by atoms with Gasteiger partial charge in [-0.15, -0.1) is 0 Å². The number of nitrogens with zero attached hydrogens (tertiary/aromatic N) is 3. The third-order valence-corrected chi connectivity index (χ3v) is 4.16. The summed E-state index contributed by atoms with van der Waals surface area (Å²) in [6.07, 6.45) is 4.32. The van der Waals surface area contributed by atoms with Crippen molar-refractivity contribution in [3.8, 4) is 5.88 Å². The van der Waals surface area contributed by atoms with Crippen molar-refractivity contribution in [1.29, 1.82) is 0 Å². The van der Waals surface area contributed by atoms with Crippen LogP contribution in [0.4, 0.5) is 0 Å². The molecule has 0 fully saturated rings. The number of hydrogen-bond donors (Lipinski definition) is 4. The predicted molar refractivity (Wildman–Crippen MR) is 95.7 cm³/mol. The highest BCUT2D eigenvalue weighted by molar-refractivity contribution is 5.83. The summed E-state index contributed by atoms with van der Waals surface area (Å²) in [5, 5.41) is 31.2. The Hall–Kier alpha value is -1.78. The third-order valence-electron chi connectivity index (χ3n) is 4.16. The van der Waals surface area contributed by atoms with Crippen LogP contribution in [0.5, 0.6) is 5.88 Å². The van der Waals surface area contributed by atoms with E-state index in [0.717, 1.165) is 23.9 Å². The summed E-state index contributed by atoms with van der Waals surface area (Å²) in [7, 11) is 1.55. The first-order chi connectivity index (χ1) is 12.7. The highest BCUT2D eigenvalue weighted by Crippen LogP contribution is 2.26. The molecular weight excluding hydrogens is 340 g/mol. The van der Waals surface area contributed by atoms with Crippen LogP contribution in [-0.4, -0.2) is 68.9 Å². The number of aromatic nitrogens is 3. The number of aliphatic hydroxyl groups excluding tert-OH is 3. The Labute approximate surface area is 152 Å². The molecule has 0 amide bonds. The molecule has 0 aromatic carbocycles. The van der Waals surface area contributed by atoms with E-state index in [2.05, 4.69) is 22.2 Å². The average Bonchev–Trinajstić information content (AvgIpc) is 3.03. The second-order valence-corrected chi connectivity index (χ2v) is 6.02. The van der Waals surface area contributed by atoms with Crippen LogP contribution in [0.2, 0.25) is 0 Å². The summed E-state index contributed by atoms with van der Waals surface area (Å²) in [5.41, 5.74) is 2.29. The third kappa shape index (κ3) is 4.89. The molecule has 0 aliphatic rings. The Kier molecular flexibility index (Phi) is 8.20. The van der Waals surface area contributed by atoms with Crippen molar-refractivity contribution < 1.29 is 24.8 Å². The molecule has 0 aliphatic carbocycles. The van der Waals surface area contributed by atoms with E-state index in [4.69, 9.17) is 14.6 Å². The zero-order valence-electron chi connectivity index (χ0n) is 15.3. The second-order valence-electron chi connectivity index (χ2n) is 6.02. The average molecular weight is 368 g/mol. The Morgan fingerprint density at radius 1 is 1.27 bits per heavy atom. The summed E-state index contributed by atoms with van der Waals surface area (Å²) in [6, 6.07) is -0.636. The molecule has 0 saturated heterocycles. The van der Waals surface area contributed by atoms with Gasteiger partial charge in [0.05, 0.1) is 32.5 Å². The minimum Gasteiger partial charge on any atom is -0.479 e. The number of nitrogens with one attached hydrogen (secondary N) is 1. The van der Waals surface area contributed by atoms with Crippen LogP contribution in [0.1, 0.15) is 25.3 Å². The molecule has 26 heavy (non-hydrogen) atoms. The van der Waals surface area contributed by atoms with Crippen LogP contribution < -0.4 is 10.1 Å². The normalized spacial score (nSPS) is 13.9. The number of rotatable bonds is 12. The SMILES string of the molecule is CCCCOCn1cc(CN[C@@H](CO)[C@@H](O)CO)c2ncnc(OC)c21. The van der Waals surface area contributed by atoms with Crippen molar-refractivity contribution in [2.75, 3.05) is 26.9 Å². The van der Waals surface area contributed by atoms with Gasteiger partial charge in [0.15, 0.2) is 0 Å². The summed E-state index contributed by atoms with van der Waals surface area (Å²) < 4.78 is 12.9. The lowest BCUT2D eigenvalue weighted by molar-refractivity contribution is 0.0410. The van der Waals surface area contributed by atoms with Gasteiger partial charge in [0, 0.05) is 24.9 Å². The van der Waals surface area contributed by atoms with Crippen LogP contribution in [-0.2, 0) is 18.0 Å². The first-order valence-electron chi connectivity index (χ1n) is 8.73. The smallest absolute Gasteiger partial charge is 0.241 e. The minimum atomic E-state index is -1.05. The molecule has 2 aromatic rings. The lowest BCUT2D eigenvalue weighted by Gasteiger charge is -2.20. The molecule has 0 radical (unpaired) electrons. The van der Waals surface area contributed by atoms with E-state index in [1.807, 2.05) is 10.8 Å². The quantitative estimate of drug-likeness (QED) is 0.387. The zero-order chi connectivity index (χ0) is 18.9. The molecule has 0 spiro atoms. The lowest BCUT2D eigenvalue weighted by Crippen LogP contribution is -2.44. The molecule has 0 bridgehead atoms. The summed E-state index contributed by atoms with van der Waals surface area (Å²) in [4.78, 5) is 8.50. The molecule has 2 aromatic heterocycles. The standard InChI is InChI=1S/C17H28N4O5/c1-3-4-5-26-11-21-7-12(6-18-13(8-22)14(24)9-23)15-16(21)17(25-2)20-10-19-15/h7,10,13-14,18,22-24H,3-6,8-9,11H2,1-2H3/t13-,14-/m0/s1. The number of aliphatic hydroxyl groups is 3. The lowest BCUT2D eigenvalue weighted by atomic mass is 10.1. The van der Waals surface area contributed by atoms with Crippen LogP contribution in [0.25, 0.3) is 11.0 Å². The minimum absolute atomic E-state index is 0.293. The first kappa shape index (κ1) is 20.5. The van der Waals surface area contributed by atoms with Crippen LogP contribution >= 0.6 is 0 Å². The van der Waals surface area contributed by atoms with Gasteiger partial charge in [0.2, 0.25) is 5.88 Å². The van der Waals surface area contributed by atoms with Crippen LogP contribution in [0, 0.1) is 0 Å². The predicted octanol–water partition coefficient (Wildman–Crippen LogP) is 0.0178. The van der Waals surface area contributed by atoms with Gasteiger partial charge in [-0.1, -0.05) is 13.3 Å². The van der Waals surface area contributed by atoms with E-state index in [1.54, 1.807) is 7.11 Å². The summed E-state index contributed by atoms with van der Waals surface area (Å²) in [5.74, 6) is 0.453. The molecule has 9 heteroatoms. The maximum atomic E-state index is 9.72. The van der Waals surface area contributed by atoms with Gasteiger partial charge in [-0.25, -0.2) is 4.98 Å². The van der Waals surface area contributed by atoms with Crippen molar-refractivity contribution in [3.05, 3.63) is 18.1 Å². The van der Waals surface area contributed by atoms with Crippen LogP contribution in [0.15, 0.2) is 12.5 Å². The van der Waals surface area contributed by atoms with Gasteiger partial charge >= 0.3 is 0 Å². The molecule has 2 atom stereocenters. The number of ether oxygens (including phenoxy) is 2. The van der Waals surface area contributed by atoms with Crippen molar-refractivity contribution in [3.63, 3.8) is 0 Å². The van der Waals surface area contributed by atoms with Gasteiger partial charge in [0.1, 0.15) is 24.1 Å². The Bertz CT molecular complexity index is 678. The monoisotopic (exact) mass is 368 g/mol. The van der Waals surface area contributed by atoms with Crippen LogP contribution in [0.3, 0.4) is 0 Å². The van der Waals surface area contributed by atoms with E-state index in [-0.39, 0.29) is 6.61 Å². The number of fused-ring (bicyclic) bond motifs is 1. The molecule has 4 N–H and O–H groups in total. The molecule has 0 aliphatic heterocycles. The van der Waals surface area contributed by atoms with Gasteiger partial charge in [0.25, 0.3) is 0 Å². The maximum absolute atomic E-state index is 9.72. The summed E-state index contributed by atoms with van der Waals surface area (Å²) in [6.45, 7) is 2.74. The van der Waals surface area contributed by atoms with Crippen molar-refractivity contribution >= 4 is 11.0 Å². The first-order valence-corrected chi connectivity index (χ1v) is 8.73. The van der Waals surface area contributed by atoms with E-state index in [9.17, 15) is 10.2 Å². The topological polar surface area (TPSA) is 122 Å². The second kappa shape index (κ2) is 10.4. The molecule has 2 heterocycles. The fourth-order valence-corrected chi connectivity index (χ4v) is 2.65. The maximum Gasteiger partial charge on any atom is 0.241 e. The fraction of sp³-hybridized carbons (Fsp3) is 0.647. The number of unbranched alkanes of at least 4 members (excludes halogenated alkanes) is 1. The van der Waals surface area contributed by atoms with Crippen molar-refractivity contribution in [1.82, 2.24) is 19.9 Å². The van der Waals surface area contributed by atoms with Crippen molar-refractivity contribution in [2.45, 2.75) is 45.2 Å². The van der Waals surface area contributed by atoms with Gasteiger partial charge in [-0.3, -0.25) is 0 Å². The number of hydrogen-bond acceptors (Lipinski definition) is 8. The van der Waals surface area contributed by atoms with Gasteiger partial charge < -0.3 is 34.7 Å². The Morgan fingerprint density at radius 3 is 2.73 bits per heavy atom. The molecule has 9 nitrogen and oxygen atoms in total. The highest BCUT2D eigenvalue weighted by Gasteiger charge is 2.20. The van der Waals surface area contributed by atoms with E-state index in [0.29, 0.717) is 31.3 Å².